The van der Waals surface area contributed by atoms with Gasteiger partial charge in [-0.05, 0) is 60.5 Å². The third-order valence-electron chi connectivity index (χ3n) is 3.95. The summed E-state index contributed by atoms with van der Waals surface area (Å²) in [6, 6.07) is 26.1. The molecule has 4 rings (SSSR count). The first-order valence-corrected chi connectivity index (χ1v) is 9.39. The van der Waals surface area contributed by atoms with Crippen LogP contribution in [0.15, 0.2) is 90.0 Å². The lowest BCUT2D eigenvalue weighted by Gasteiger charge is -2.03. The molecule has 0 bridgehead atoms. The molecular formula is C22H21N3OS. The molecule has 4 aromatic rings. The van der Waals surface area contributed by atoms with E-state index in [4.69, 9.17) is 0 Å². The lowest BCUT2D eigenvalue weighted by molar-refractivity contribution is 0.112. The van der Waals surface area contributed by atoms with Crippen LogP contribution in [0.2, 0.25) is 0 Å². The Balaban J connectivity index is 0.000000180. The van der Waals surface area contributed by atoms with Crippen LogP contribution in [0.3, 0.4) is 0 Å². The zero-order valence-electron chi connectivity index (χ0n) is 15.0. The highest BCUT2D eigenvalue weighted by atomic mass is 32.2. The van der Waals surface area contributed by atoms with Gasteiger partial charge in [-0.15, -0.1) is 0 Å². The number of H-pyrrole nitrogens is 1. The van der Waals surface area contributed by atoms with Gasteiger partial charge in [-0.1, -0.05) is 48.5 Å². The maximum Gasteiger partial charge on any atom is 0.150 e. The number of aldehydes is 1. The Bertz CT molecular complexity index is 984. The first kappa shape index (κ1) is 18.9. The highest BCUT2D eigenvalue weighted by Crippen LogP contribution is 2.26. The zero-order chi connectivity index (χ0) is 18.9. The van der Waals surface area contributed by atoms with Crippen molar-refractivity contribution in [1.82, 2.24) is 15.2 Å². The monoisotopic (exact) mass is 375 g/mol. The molecule has 0 amide bonds. The van der Waals surface area contributed by atoms with E-state index in [9.17, 15) is 4.79 Å². The van der Waals surface area contributed by atoms with Crippen molar-refractivity contribution >= 4 is 29.1 Å². The van der Waals surface area contributed by atoms with Crippen molar-refractivity contribution < 1.29 is 4.79 Å². The summed E-state index contributed by atoms with van der Waals surface area (Å²) >= 11 is 1.56. The van der Waals surface area contributed by atoms with Gasteiger partial charge in [0.25, 0.3) is 0 Å². The Morgan fingerprint density at radius 3 is 2.26 bits per heavy atom. The summed E-state index contributed by atoms with van der Waals surface area (Å²) in [4.78, 5) is 18.4. The molecule has 0 aliphatic rings. The van der Waals surface area contributed by atoms with E-state index in [2.05, 4.69) is 33.4 Å². The van der Waals surface area contributed by atoms with Crippen LogP contribution in [0.4, 0.5) is 0 Å². The number of rotatable bonds is 5. The number of hydrogen-bond acceptors (Lipinski definition) is 4. The number of hydrazine groups is 1. The van der Waals surface area contributed by atoms with Gasteiger partial charge in [0.15, 0.2) is 6.29 Å². The second kappa shape index (κ2) is 9.73. The Morgan fingerprint density at radius 2 is 1.59 bits per heavy atom. The summed E-state index contributed by atoms with van der Waals surface area (Å²) in [6.45, 7) is 0. The molecule has 3 aromatic carbocycles. The molecule has 3 N–H and O–H groups in total. The second-order valence-electron chi connectivity index (χ2n) is 5.76. The number of aromatic amines is 1. The predicted octanol–water partition coefficient (Wildman–Crippen LogP) is 5.07. The fraction of sp³-hybridized carbons (Fsp3) is 0.0455. The van der Waals surface area contributed by atoms with Crippen molar-refractivity contribution in [3.63, 3.8) is 0 Å². The molecular weight excluding hydrogens is 354 g/mol. The van der Waals surface area contributed by atoms with Gasteiger partial charge in [0, 0.05) is 27.6 Å². The van der Waals surface area contributed by atoms with Crippen LogP contribution >= 0.6 is 11.9 Å². The minimum absolute atomic E-state index is 0.725. The topological polar surface area (TPSA) is 56.9 Å². The van der Waals surface area contributed by atoms with Crippen molar-refractivity contribution in [3.8, 4) is 11.1 Å². The molecule has 0 saturated heterocycles. The number of hydrogen-bond donors (Lipinski definition) is 3. The number of carbonyl (C=O) groups is 1. The van der Waals surface area contributed by atoms with Gasteiger partial charge in [0.1, 0.15) is 0 Å². The van der Waals surface area contributed by atoms with Gasteiger partial charge in [-0.2, -0.15) is 4.83 Å². The van der Waals surface area contributed by atoms with Gasteiger partial charge >= 0.3 is 0 Å². The number of fused-ring (bicyclic) bond motifs is 1. The summed E-state index contributed by atoms with van der Waals surface area (Å²) in [7, 11) is 1.84. The highest BCUT2D eigenvalue weighted by molar-refractivity contribution is 7.97. The van der Waals surface area contributed by atoms with E-state index in [1.54, 1.807) is 11.9 Å². The van der Waals surface area contributed by atoms with Crippen LogP contribution in [0.25, 0.3) is 22.0 Å². The lowest BCUT2D eigenvalue weighted by atomic mass is 10.0. The Labute approximate surface area is 163 Å². The first-order chi connectivity index (χ1) is 13.3. The molecule has 0 unspecified atom stereocenters. The third kappa shape index (κ3) is 5.08. The van der Waals surface area contributed by atoms with Crippen LogP contribution in [0.1, 0.15) is 10.4 Å². The molecule has 4 nitrogen and oxygen atoms in total. The first-order valence-electron chi connectivity index (χ1n) is 8.57. The normalized spacial score (nSPS) is 10.3. The molecule has 1 heterocycles. The van der Waals surface area contributed by atoms with Crippen molar-refractivity contribution in [1.29, 1.82) is 0 Å². The molecule has 5 heteroatoms. The van der Waals surface area contributed by atoms with Crippen LogP contribution in [-0.4, -0.2) is 18.3 Å². The van der Waals surface area contributed by atoms with E-state index < -0.39 is 0 Å². The quantitative estimate of drug-likeness (QED) is 0.259. The number of nitrogens with one attached hydrogen (secondary N) is 3. The van der Waals surface area contributed by atoms with E-state index in [-0.39, 0.29) is 0 Å². The van der Waals surface area contributed by atoms with Crippen molar-refractivity contribution in [2.24, 2.45) is 0 Å². The van der Waals surface area contributed by atoms with Gasteiger partial charge in [-0.3, -0.25) is 10.2 Å². The van der Waals surface area contributed by atoms with Crippen LogP contribution in [0.5, 0.6) is 0 Å². The number of carbonyl (C=O) groups excluding carboxylic acids is 1. The van der Waals surface area contributed by atoms with Crippen molar-refractivity contribution in [3.05, 3.63) is 90.6 Å². The summed E-state index contributed by atoms with van der Waals surface area (Å²) in [5.74, 6) is 0. The van der Waals surface area contributed by atoms with E-state index in [1.165, 1.54) is 4.90 Å². The second-order valence-corrected chi connectivity index (χ2v) is 6.64. The fourth-order valence-electron chi connectivity index (χ4n) is 2.69. The molecule has 0 fully saturated rings. The Morgan fingerprint density at radius 1 is 0.889 bits per heavy atom. The molecule has 0 spiro atoms. The Hall–Kier alpha value is -2.86. The zero-order valence-corrected chi connectivity index (χ0v) is 15.8. The van der Waals surface area contributed by atoms with E-state index in [1.807, 2.05) is 73.9 Å². The maximum atomic E-state index is 11.1. The molecule has 136 valence electrons. The molecule has 0 saturated carbocycles. The van der Waals surface area contributed by atoms with Gasteiger partial charge in [0.2, 0.25) is 0 Å². The average molecular weight is 375 g/mol. The van der Waals surface area contributed by atoms with Crippen LogP contribution in [-0.2, 0) is 0 Å². The molecule has 0 atom stereocenters. The summed E-state index contributed by atoms with van der Waals surface area (Å²) in [6.07, 6.45) is 2.76. The number of aromatic nitrogens is 1. The van der Waals surface area contributed by atoms with E-state index in [0.717, 1.165) is 33.9 Å². The lowest BCUT2D eigenvalue weighted by Crippen LogP contribution is -2.18. The summed E-state index contributed by atoms with van der Waals surface area (Å²) in [5.41, 5.74) is 6.72. The molecule has 0 radical (unpaired) electrons. The smallest absolute Gasteiger partial charge is 0.150 e. The summed E-state index contributed by atoms with van der Waals surface area (Å²) in [5, 5.41) is 0.972. The maximum absolute atomic E-state index is 11.1. The van der Waals surface area contributed by atoms with Crippen molar-refractivity contribution in [2.75, 3.05) is 7.05 Å². The molecule has 1 aromatic heterocycles. The fourth-order valence-corrected chi connectivity index (χ4v) is 3.20. The minimum Gasteiger partial charge on any atom is -0.361 e. The van der Waals surface area contributed by atoms with Crippen LogP contribution in [0, 0.1) is 0 Å². The average Bonchev–Trinajstić information content (AvgIpc) is 3.22. The number of benzene rings is 3. The van der Waals surface area contributed by atoms with E-state index >= 15 is 0 Å². The van der Waals surface area contributed by atoms with Gasteiger partial charge < -0.3 is 4.98 Å². The van der Waals surface area contributed by atoms with Crippen molar-refractivity contribution in [2.45, 2.75) is 4.90 Å². The molecule has 0 aliphatic carbocycles. The van der Waals surface area contributed by atoms with Gasteiger partial charge in [-0.25, -0.2) is 0 Å². The SMILES string of the molecule is CNNSc1ccccc1.O=Cc1cc(-c2ccccc2)cc2[nH]ccc12. The predicted molar refractivity (Wildman–Crippen MR) is 114 cm³/mol. The Kier molecular flexibility index (Phi) is 6.82. The third-order valence-corrected chi connectivity index (χ3v) is 4.76. The molecule has 27 heavy (non-hydrogen) atoms. The molecule has 0 aliphatic heterocycles. The van der Waals surface area contributed by atoms with Crippen LogP contribution < -0.4 is 10.3 Å². The highest BCUT2D eigenvalue weighted by Gasteiger charge is 2.05. The minimum atomic E-state index is 0.725. The van der Waals surface area contributed by atoms with Gasteiger partial charge in [0.05, 0.1) is 0 Å². The largest absolute Gasteiger partial charge is 0.361 e. The standard InChI is InChI=1S/C15H11NO.C7H10N2S/c17-10-13-8-12(11-4-2-1-3-5-11)9-15-14(13)6-7-16-15;1-8-9-10-7-5-3-2-4-6-7/h1-10,16H;2-6,8-9H,1H3. The van der Waals surface area contributed by atoms with E-state index in [0.29, 0.717) is 0 Å². The summed E-state index contributed by atoms with van der Waals surface area (Å²) < 4.78 is 0.